The smallest absolute Gasteiger partial charge is 0.0950 e. The van der Waals surface area contributed by atoms with Crippen LogP contribution >= 0.6 is 0 Å². The predicted octanol–water partition coefficient (Wildman–Crippen LogP) is 2.24. The van der Waals surface area contributed by atoms with Crippen molar-refractivity contribution in [2.24, 2.45) is 0 Å². The van der Waals surface area contributed by atoms with E-state index in [1.807, 2.05) is 6.33 Å². The number of hydrogen-bond donors (Lipinski definition) is 1. The summed E-state index contributed by atoms with van der Waals surface area (Å²) in [5, 5.41) is 3.39. The molecule has 0 atom stereocenters. The summed E-state index contributed by atoms with van der Waals surface area (Å²) in [4.78, 5) is 4.40. The van der Waals surface area contributed by atoms with Crippen LogP contribution in [0.25, 0.3) is 0 Å². The number of nitrogens with one attached hydrogen (secondary N) is 1. The van der Waals surface area contributed by atoms with E-state index in [1.54, 1.807) is 0 Å². The van der Waals surface area contributed by atoms with Crippen molar-refractivity contribution in [3.63, 3.8) is 0 Å². The highest BCUT2D eigenvalue weighted by Gasteiger charge is 1.98. The molecule has 1 rings (SSSR count). The zero-order valence-electron chi connectivity index (χ0n) is 11.8. The fourth-order valence-corrected chi connectivity index (χ4v) is 1.69. The van der Waals surface area contributed by atoms with Crippen LogP contribution < -0.4 is 5.32 Å². The van der Waals surface area contributed by atoms with Crippen molar-refractivity contribution >= 4 is 0 Å². The van der Waals surface area contributed by atoms with Crippen molar-refractivity contribution in [1.82, 2.24) is 14.9 Å². The monoisotopic (exact) mass is 253 g/mol. The fourth-order valence-electron chi connectivity index (χ4n) is 1.69. The molecule has 1 N–H and O–H groups in total. The van der Waals surface area contributed by atoms with Crippen LogP contribution in [0.2, 0.25) is 0 Å². The summed E-state index contributed by atoms with van der Waals surface area (Å²) >= 11 is 0. The van der Waals surface area contributed by atoms with Gasteiger partial charge in [0.1, 0.15) is 0 Å². The molecule has 0 saturated carbocycles. The normalized spacial score (nSPS) is 11.0. The standard InChI is InChI=1S/C14H27N3O/c1-3-5-10-18-11-9-17-12-14(16-13-17)6-8-15-7-4-2/h12-13,15H,3-11H2,1-2H3. The molecule has 0 spiro atoms. The quantitative estimate of drug-likeness (QED) is 0.615. The molecule has 104 valence electrons. The van der Waals surface area contributed by atoms with Crippen molar-refractivity contribution in [3.05, 3.63) is 18.2 Å². The molecular weight excluding hydrogens is 226 g/mol. The molecule has 0 aromatic carbocycles. The van der Waals surface area contributed by atoms with Gasteiger partial charge < -0.3 is 14.6 Å². The van der Waals surface area contributed by atoms with Gasteiger partial charge in [-0.3, -0.25) is 0 Å². The first kappa shape index (κ1) is 15.2. The van der Waals surface area contributed by atoms with Gasteiger partial charge in [-0.1, -0.05) is 20.3 Å². The lowest BCUT2D eigenvalue weighted by atomic mass is 10.3. The fraction of sp³-hybridized carbons (Fsp3) is 0.786. The zero-order valence-corrected chi connectivity index (χ0v) is 11.8. The van der Waals surface area contributed by atoms with Crippen LogP contribution in [0.4, 0.5) is 0 Å². The van der Waals surface area contributed by atoms with Gasteiger partial charge in [0.15, 0.2) is 0 Å². The topological polar surface area (TPSA) is 39.1 Å². The van der Waals surface area contributed by atoms with Gasteiger partial charge in [-0.25, -0.2) is 4.98 Å². The number of aromatic nitrogens is 2. The molecule has 1 heterocycles. The highest BCUT2D eigenvalue weighted by Crippen LogP contribution is 1.97. The van der Waals surface area contributed by atoms with E-state index in [0.717, 1.165) is 51.4 Å². The van der Waals surface area contributed by atoms with Crippen molar-refractivity contribution in [1.29, 1.82) is 0 Å². The molecule has 1 aromatic heterocycles. The minimum atomic E-state index is 0.782. The van der Waals surface area contributed by atoms with Crippen LogP contribution in [0, 0.1) is 0 Å². The predicted molar refractivity (Wildman–Crippen MR) is 74.8 cm³/mol. The van der Waals surface area contributed by atoms with E-state index in [9.17, 15) is 0 Å². The van der Waals surface area contributed by atoms with Crippen LogP contribution in [-0.4, -0.2) is 35.9 Å². The van der Waals surface area contributed by atoms with Gasteiger partial charge in [-0.15, -0.1) is 0 Å². The number of nitrogens with zero attached hydrogens (tertiary/aromatic N) is 2. The number of rotatable bonds is 11. The Morgan fingerprint density at radius 1 is 1.22 bits per heavy atom. The second-order valence-corrected chi connectivity index (χ2v) is 4.57. The highest BCUT2D eigenvalue weighted by molar-refractivity contribution is 4.97. The van der Waals surface area contributed by atoms with Crippen LogP contribution in [0.3, 0.4) is 0 Å². The minimum absolute atomic E-state index is 0.782. The molecule has 0 radical (unpaired) electrons. The molecule has 0 aliphatic heterocycles. The first-order chi connectivity index (χ1) is 8.86. The van der Waals surface area contributed by atoms with E-state index in [0.29, 0.717) is 0 Å². The molecular formula is C14H27N3O. The van der Waals surface area contributed by atoms with Crippen molar-refractivity contribution in [3.8, 4) is 0 Å². The van der Waals surface area contributed by atoms with Gasteiger partial charge in [0, 0.05) is 32.3 Å². The second-order valence-electron chi connectivity index (χ2n) is 4.57. The maximum absolute atomic E-state index is 5.54. The lowest BCUT2D eigenvalue weighted by Crippen LogP contribution is -2.17. The van der Waals surface area contributed by atoms with Gasteiger partial charge >= 0.3 is 0 Å². The van der Waals surface area contributed by atoms with E-state index >= 15 is 0 Å². The maximum atomic E-state index is 5.54. The van der Waals surface area contributed by atoms with E-state index in [1.165, 1.54) is 12.8 Å². The summed E-state index contributed by atoms with van der Waals surface area (Å²) < 4.78 is 7.65. The molecule has 0 aliphatic carbocycles. The van der Waals surface area contributed by atoms with Gasteiger partial charge in [-0.05, 0) is 19.4 Å². The Bertz CT molecular complexity index is 299. The number of hydrogen-bond acceptors (Lipinski definition) is 3. The Hall–Kier alpha value is -0.870. The Balaban J connectivity index is 2.10. The summed E-state index contributed by atoms with van der Waals surface area (Å²) in [6, 6.07) is 0. The summed E-state index contributed by atoms with van der Waals surface area (Å²) in [6.45, 7) is 9.02. The van der Waals surface area contributed by atoms with Gasteiger partial charge in [-0.2, -0.15) is 0 Å². The van der Waals surface area contributed by atoms with Gasteiger partial charge in [0.25, 0.3) is 0 Å². The minimum Gasteiger partial charge on any atom is -0.380 e. The van der Waals surface area contributed by atoms with E-state index in [2.05, 4.69) is 34.9 Å². The van der Waals surface area contributed by atoms with Crippen molar-refractivity contribution < 1.29 is 4.74 Å². The van der Waals surface area contributed by atoms with Crippen LogP contribution in [-0.2, 0) is 17.7 Å². The highest BCUT2D eigenvalue weighted by atomic mass is 16.5. The third-order valence-electron chi connectivity index (χ3n) is 2.81. The number of unbranched alkanes of at least 4 members (excludes halogenated alkanes) is 1. The Labute approximate surface area is 111 Å². The lowest BCUT2D eigenvalue weighted by Gasteiger charge is -2.03. The second kappa shape index (κ2) is 10.1. The molecule has 0 unspecified atom stereocenters. The van der Waals surface area contributed by atoms with E-state index in [-0.39, 0.29) is 0 Å². The zero-order chi connectivity index (χ0) is 13.1. The molecule has 0 bridgehead atoms. The average molecular weight is 253 g/mol. The lowest BCUT2D eigenvalue weighted by molar-refractivity contribution is 0.123. The molecule has 1 aromatic rings. The van der Waals surface area contributed by atoms with Crippen LogP contribution in [0.5, 0.6) is 0 Å². The summed E-state index contributed by atoms with van der Waals surface area (Å²) in [5.74, 6) is 0. The molecule has 0 fully saturated rings. The van der Waals surface area contributed by atoms with Crippen LogP contribution in [0.15, 0.2) is 12.5 Å². The Morgan fingerprint density at radius 2 is 2.11 bits per heavy atom. The molecule has 0 saturated heterocycles. The number of imidazole rings is 1. The molecule has 0 aliphatic rings. The SMILES string of the molecule is CCCCOCCn1cnc(CCNCCC)c1. The van der Waals surface area contributed by atoms with E-state index < -0.39 is 0 Å². The molecule has 0 amide bonds. The Morgan fingerprint density at radius 3 is 2.89 bits per heavy atom. The molecule has 4 nitrogen and oxygen atoms in total. The number of ether oxygens (including phenoxy) is 1. The first-order valence-corrected chi connectivity index (χ1v) is 7.16. The molecule has 4 heteroatoms. The summed E-state index contributed by atoms with van der Waals surface area (Å²) in [7, 11) is 0. The Kier molecular flexibility index (Phi) is 8.51. The van der Waals surface area contributed by atoms with Crippen LogP contribution in [0.1, 0.15) is 38.8 Å². The van der Waals surface area contributed by atoms with Crippen molar-refractivity contribution in [2.45, 2.75) is 46.1 Å². The third kappa shape index (κ3) is 6.77. The van der Waals surface area contributed by atoms with E-state index in [4.69, 9.17) is 4.74 Å². The summed E-state index contributed by atoms with van der Waals surface area (Å²) in [5.41, 5.74) is 1.16. The van der Waals surface area contributed by atoms with Gasteiger partial charge in [0.05, 0.1) is 18.6 Å². The third-order valence-corrected chi connectivity index (χ3v) is 2.81. The first-order valence-electron chi connectivity index (χ1n) is 7.16. The molecule has 18 heavy (non-hydrogen) atoms. The maximum Gasteiger partial charge on any atom is 0.0950 e. The average Bonchev–Trinajstić information content (AvgIpc) is 2.82. The van der Waals surface area contributed by atoms with Crippen molar-refractivity contribution in [2.75, 3.05) is 26.3 Å². The van der Waals surface area contributed by atoms with Gasteiger partial charge in [0.2, 0.25) is 0 Å². The largest absolute Gasteiger partial charge is 0.380 e. The summed E-state index contributed by atoms with van der Waals surface area (Å²) in [6.07, 6.45) is 8.56.